The van der Waals surface area contributed by atoms with Gasteiger partial charge in [0.2, 0.25) is 0 Å². The molecule has 1 atom stereocenters. The van der Waals surface area contributed by atoms with Crippen molar-refractivity contribution in [1.29, 1.82) is 0 Å². The maximum absolute atomic E-state index is 12.3. The standard InChI is InChI=1S/C23H45N3O/c1-2-3-4-5-6-7-8-9-10-11-12-13-14-15-16-17-22(27)23-25-19-21-26(23)20-18-24/h9-10,23,25H,2-8,11-21,24H2,1H3. The van der Waals surface area contributed by atoms with Gasteiger partial charge in [0.25, 0.3) is 0 Å². The van der Waals surface area contributed by atoms with Crippen LogP contribution in [0.1, 0.15) is 96.8 Å². The summed E-state index contributed by atoms with van der Waals surface area (Å²) in [6.45, 7) is 5.56. The lowest BCUT2D eigenvalue weighted by Crippen LogP contribution is -2.44. The summed E-state index contributed by atoms with van der Waals surface area (Å²) >= 11 is 0. The molecule has 1 aliphatic heterocycles. The number of rotatable bonds is 18. The van der Waals surface area contributed by atoms with Crippen molar-refractivity contribution in [3.05, 3.63) is 12.2 Å². The van der Waals surface area contributed by atoms with E-state index in [1.807, 2.05) is 0 Å². The highest BCUT2D eigenvalue weighted by atomic mass is 16.1. The molecule has 27 heavy (non-hydrogen) atoms. The van der Waals surface area contributed by atoms with Gasteiger partial charge in [-0.3, -0.25) is 15.0 Å². The first-order valence-electron chi connectivity index (χ1n) is 11.6. The Hall–Kier alpha value is -0.710. The van der Waals surface area contributed by atoms with Crippen LogP contribution in [0.4, 0.5) is 0 Å². The van der Waals surface area contributed by atoms with Crippen LogP contribution in [0.25, 0.3) is 0 Å². The highest BCUT2D eigenvalue weighted by Crippen LogP contribution is 2.12. The van der Waals surface area contributed by atoms with E-state index in [0.29, 0.717) is 18.7 Å². The highest BCUT2D eigenvalue weighted by molar-refractivity contribution is 5.83. The zero-order valence-corrected chi connectivity index (χ0v) is 17.9. The molecule has 3 N–H and O–H groups in total. The van der Waals surface area contributed by atoms with Crippen LogP contribution >= 0.6 is 0 Å². The second-order valence-corrected chi connectivity index (χ2v) is 7.98. The number of unbranched alkanes of at least 4 members (excludes halogenated alkanes) is 11. The Kier molecular flexibility index (Phi) is 15.7. The van der Waals surface area contributed by atoms with Gasteiger partial charge in [-0.2, -0.15) is 0 Å². The van der Waals surface area contributed by atoms with E-state index < -0.39 is 0 Å². The van der Waals surface area contributed by atoms with Crippen molar-refractivity contribution in [3.63, 3.8) is 0 Å². The molecule has 158 valence electrons. The number of nitrogens with zero attached hydrogens (tertiary/aromatic N) is 1. The molecule has 4 nitrogen and oxygen atoms in total. The van der Waals surface area contributed by atoms with Gasteiger partial charge < -0.3 is 5.73 Å². The average molecular weight is 380 g/mol. The summed E-state index contributed by atoms with van der Waals surface area (Å²) in [6, 6.07) is 0. The topological polar surface area (TPSA) is 58.4 Å². The van der Waals surface area contributed by atoms with E-state index in [1.54, 1.807) is 0 Å². The Morgan fingerprint density at radius 2 is 1.56 bits per heavy atom. The minimum absolute atomic E-state index is 0.0784. The molecule has 0 aromatic heterocycles. The Morgan fingerprint density at radius 1 is 0.963 bits per heavy atom. The third kappa shape index (κ3) is 12.4. The number of allylic oxidation sites excluding steroid dienone is 2. The number of Topliss-reactive ketones (excluding diaryl/α,β-unsaturated/α-hetero) is 1. The van der Waals surface area contributed by atoms with Gasteiger partial charge in [-0.25, -0.2) is 0 Å². The quantitative estimate of drug-likeness (QED) is 0.266. The van der Waals surface area contributed by atoms with E-state index in [-0.39, 0.29) is 6.17 Å². The molecular weight excluding hydrogens is 334 g/mol. The fourth-order valence-electron chi connectivity index (χ4n) is 3.83. The van der Waals surface area contributed by atoms with Crippen LogP contribution in [0.15, 0.2) is 12.2 Å². The van der Waals surface area contributed by atoms with Gasteiger partial charge >= 0.3 is 0 Å². The number of carbonyl (C=O) groups excluding carboxylic acids is 1. The molecule has 1 unspecified atom stereocenters. The average Bonchev–Trinajstić information content (AvgIpc) is 3.13. The molecular formula is C23H45N3O. The van der Waals surface area contributed by atoms with Crippen LogP contribution in [0, 0.1) is 0 Å². The Morgan fingerprint density at radius 3 is 2.19 bits per heavy atom. The summed E-state index contributed by atoms with van der Waals surface area (Å²) in [4.78, 5) is 14.5. The van der Waals surface area contributed by atoms with Crippen LogP contribution in [0.5, 0.6) is 0 Å². The fourth-order valence-corrected chi connectivity index (χ4v) is 3.83. The van der Waals surface area contributed by atoms with E-state index >= 15 is 0 Å². The largest absolute Gasteiger partial charge is 0.329 e. The van der Waals surface area contributed by atoms with Gasteiger partial charge in [0.15, 0.2) is 5.78 Å². The third-order valence-electron chi connectivity index (χ3n) is 5.51. The lowest BCUT2D eigenvalue weighted by Gasteiger charge is -2.21. The van der Waals surface area contributed by atoms with Crippen LogP contribution in [-0.2, 0) is 4.79 Å². The molecule has 1 aliphatic rings. The van der Waals surface area contributed by atoms with Gasteiger partial charge in [0, 0.05) is 32.6 Å². The second-order valence-electron chi connectivity index (χ2n) is 7.98. The number of ketones is 1. The zero-order valence-electron chi connectivity index (χ0n) is 17.9. The predicted octanol–water partition coefficient (Wildman–Crippen LogP) is 4.78. The van der Waals surface area contributed by atoms with Crippen LogP contribution < -0.4 is 11.1 Å². The summed E-state index contributed by atoms with van der Waals surface area (Å²) in [5.74, 6) is 0.346. The van der Waals surface area contributed by atoms with Gasteiger partial charge in [-0.15, -0.1) is 0 Å². The maximum Gasteiger partial charge on any atom is 0.164 e. The molecule has 0 aliphatic carbocycles. The van der Waals surface area contributed by atoms with Gasteiger partial charge in [-0.1, -0.05) is 70.4 Å². The van der Waals surface area contributed by atoms with Crippen LogP contribution in [-0.4, -0.2) is 43.0 Å². The molecule has 1 saturated heterocycles. The van der Waals surface area contributed by atoms with E-state index in [9.17, 15) is 4.79 Å². The molecule has 0 aromatic rings. The van der Waals surface area contributed by atoms with Crippen molar-refractivity contribution in [2.75, 3.05) is 26.2 Å². The van der Waals surface area contributed by atoms with Crippen molar-refractivity contribution in [2.45, 2.75) is 103 Å². The summed E-state index contributed by atoms with van der Waals surface area (Å²) < 4.78 is 0. The molecule has 1 fully saturated rings. The Bertz CT molecular complexity index is 384. The molecule has 0 amide bonds. The molecule has 0 bridgehead atoms. The highest BCUT2D eigenvalue weighted by Gasteiger charge is 2.28. The first kappa shape index (κ1) is 24.3. The monoisotopic (exact) mass is 379 g/mol. The third-order valence-corrected chi connectivity index (χ3v) is 5.51. The van der Waals surface area contributed by atoms with Gasteiger partial charge in [0.05, 0.1) is 0 Å². The number of carbonyl (C=O) groups is 1. The first-order valence-corrected chi connectivity index (χ1v) is 11.6. The Balaban J connectivity index is 1.87. The van der Waals surface area contributed by atoms with E-state index in [1.165, 1.54) is 77.0 Å². The van der Waals surface area contributed by atoms with Crippen molar-refractivity contribution >= 4 is 5.78 Å². The first-order chi connectivity index (χ1) is 13.3. The second kappa shape index (κ2) is 17.4. The van der Waals surface area contributed by atoms with Crippen molar-refractivity contribution in [2.24, 2.45) is 5.73 Å². The smallest absolute Gasteiger partial charge is 0.164 e. The summed E-state index contributed by atoms with van der Waals surface area (Å²) in [5.41, 5.74) is 5.62. The van der Waals surface area contributed by atoms with E-state index in [0.717, 1.165) is 26.1 Å². The zero-order chi connectivity index (χ0) is 19.6. The molecule has 0 aromatic carbocycles. The summed E-state index contributed by atoms with van der Waals surface area (Å²) in [6.07, 6.45) is 22.2. The number of nitrogens with two attached hydrogens (primary N) is 1. The molecule has 0 spiro atoms. The normalized spacial score (nSPS) is 17.9. The molecule has 1 heterocycles. The fraction of sp³-hybridized carbons (Fsp3) is 0.870. The predicted molar refractivity (Wildman–Crippen MR) is 117 cm³/mol. The molecule has 1 rings (SSSR count). The maximum atomic E-state index is 12.3. The van der Waals surface area contributed by atoms with E-state index in [2.05, 4.69) is 29.3 Å². The SMILES string of the molecule is CCCCCCCCC=CCCCCCCCC(=O)C1NCCN1CCN. The Labute approximate surface area is 168 Å². The molecule has 0 radical (unpaired) electrons. The number of nitrogens with one attached hydrogen (secondary N) is 1. The lowest BCUT2D eigenvalue weighted by atomic mass is 10.1. The van der Waals surface area contributed by atoms with E-state index in [4.69, 9.17) is 5.73 Å². The minimum Gasteiger partial charge on any atom is -0.329 e. The van der Waals surface area contributed by atoms with Crippen LogP contribution in [0.3, 0.4) is 0 Å². The van der Waals surface area contributed by atoms with Gasteiger partial charge in [0.1, 0.15) is 6.17 Å². The minimum atomic E-state index is -0.0784. The molecule has 4 heteroatoms. The van der Waals surface area contributed by atoms with Crippen molar-refractivity contribution < 1.29 is 4.79 Å². The van der Waals surface area contributed by atoms with Crippen molar-refractivity contribution in [3.8, 4) is 0 Å². The summed E-state index contributed by atoms with van der Waals surface area (Å²) in [7, 11) is 0. The summed E-state index contributed by atoms with van der Waals surface area (Å²) in [5, 5.41) is 3.31. The number of hydrogen-bond acceptors (Lipinski definition) is 4. The number of hydrogen-bond donors (Lipinski definition) is 2. The van der Waals surface area contributed by atoms with Crippen LogP contribution in [0.2, 0.25) is 0 Å². The van der Waals surface area contributed by atoms with Gasteiger partial charge in [-0.05, 0) is 32.1 Å². The molecule has 0 saturated carbocycles. The van der Waals surface area contributed by atoms with Crippen molar-refractivity contribution in [1.82, 2.24) is 10.2 Å². The lowest BCUT2D eigenvalue weighted by molar-refractivity contribution is -0.124.